The van der Waals surface area contributed by atoms with Gasteiger partial charge in [0, 0.05) is 25.8 Å². The summed E-state index contributed by atoms with van der Waals surface area (Å²) in [6, 6.07) is 6.47. The first-order chi connectivity index (χ1) is 6.70. The Morgan fingerprint density at radius 1 is 1.36 bits per heavy atom. The molecular formula is C12H20N2. The van der Waals surface area contributed by atoms with E-state index in [9.17, 15) is 0 Å². The Labute approximate surface area is 86.7 Å². The monoisotopic (exact) mass is 192 g/mol. The molecule has 78 valence electrons. The van der Waals surface area contributed by atoms with Crippen molar-refractivity contribution in [1.82, 2.24) is 0 Å². The molecule has 0 fully saturated rings. The summed E-state index contributed by atoms with van der Waals surface area (Å²) in [5.74, 6) is 0. The van der Waals surface area contributed by atoms with E-state index in [1.54, 1.807) is 0 Å². The molecule has 14 heavy (non-hydrogen) atoms. The third kappa shape index (κ3) is 2.26. The van der Waals surface area contributed by atoms with E-state index < -0.39 is 0 Å². The van der Waals surface area contributed by atoms with Gasteiger partial charge in [0.25, 0.3) is 0 Å². The van der Waals surface area contributed by atoms with Gasteiger partial charge in [-0.2, -0.15) is 0 Å². The van der Waals surface area contributed by atoms with E-state index in [0.29, 0.717) is 6.54 Å². The number of nitrogens with zero attached hydrogens (tertiary/aromatic N) is 1. The fourth-order valence-electron chi connectivity index (χ4n) is 1.78. The van der Waals surface area contributed by atoms with Gasteiger partial charge in [0.1, 0.15) is 0 Å². The highest BCUT2D eigenvalue weighted by Gasteiger charge is 2.05. The van der Waals surface area contributed by atoms with Crippen LogP contribution in [0.1, 0.15) is 18.1 Å². The van der Waals surface area contributed by atoms with Crippen LogP contribution in [0.25, 0.3) is 0 Å². The summed E-state index contributed by atoms with van der Waals surface area (Å²) in [5, 5.41) is 0. The molecule has 0 spiro atoms. The van der Waals surface area contributed by atoms with Gasteiger partial charge in [0.05, 0.1) is 0 Å². The van der Waals surface area contributed by atoms with Gasteiger partial charge >= 0.3 is 0 Å². The second kappa shape index (κ2) is 5.01. The maximum absolute atomic E-state index is 5.55. The number of rotatable bonds is 4. The molecule has 0 aromatic heterocycles. The minimum absolute atomic E-state index is 0.701. The SMILES string of the molecule is CCc1cccc(N(C)CCN)c1C. The van der Waals surface area contributed by atoms with Gasteiger partial charge < -0.3 is 10.6 Å². The number of benzene rings is 1. The predicted molar refractivity (Wildman–Crippen MR) is 62.9 cm³/mol. The predicted octanol–water partition coefficient (Wildman–Crippen LogP) is 1.95. The number of nitrogens with two attached hydrogens (primary N) is 1. The van der Waals surface area contributed by atoms with Crippen molar-refractivity contribution in [2.75, 3.05) is 25.0 Å². The minimum atomic E-state index is 0.701. The average Bonchev–Trinajstić information content (AvgIpc) is 2.18. The summed E-state index contributed by atoms with van der Waals surface area (Å²) in [7, 11) is 2.09. The number of hydrogen-bond donors (Lipinski definition) is 1. The molecule has 1 aromatic carbocycles. The third-order valence-electron chi connectivity index (χ3n) is 2.67. The summed E-state index contributed by atoms with van der Waals surface area (Å²) >= 11 is 0. The fraction of sp³-hybridized carbons (Fsp3) is 0.500. The lowest BCUT2D eigenvalue weighted by Crippen LogP contribution is -2.25. The van der Waals surface area contributed by atoms with Crippen molar-refractivity contribution in [3.8, 4) is 0 Å². The Morgan fingerprint density at radius 2 is 2.07 bits per heavy atom. The molecule has 2 nitrogen and oxygen atoms in total. The maximum Gasteiger partial charge on any atom is 0.0396 e. The molecule has 0 saturated carbocycles. The van der Waals surface area contributed by atoms with Crippen LogP contribution in [0.5, 0.6) is 0 Å². The van der Waals surface area contributed by atoms with Crippen LogP contribution in [0, 0.1) is 6.92 Å². The van der Waals surface area contributed by atoms with E-state index in [2.05, 4.69) is 44.0 Å². The molecule has 1 rings (SSSR count). The van der Waals surface area contributed by atoms with E-state index in [1.165, 1.54) is 16.8 Å². The minimum Gasteiger partial charge on any atom is -0.373 e. The van der Waals surface area contributed by atoms with Crippen LogP contribution in [0.3, 0.4) is 0 Å². The highest BCUT2D eigenvalue weighted by molar-refractivity contribution is 5.55. The zero-order valence-electron chi connectivity index (χ0n) is 9.38. The molecule has 2 N–H and O–H groups in total. The quantitative estimate of drug-likeness (QED) is 0.790. The molecule has 0 bridgehead atoms. The Morgan fingerprint density at radius 3 is 2.64 bits per heavy atom. The molecule has 0 heterocycles. The van der Waals surface area contributed by atoms with Crippen molar-refractivity contribution in [1.29, 1.82) is 0 Å². The lowest BCUT2D eigenvalue weighted by Gasteiger charge is -2.22. The second-order valence-electron chi connectivity index (χ2n) is 3.63. The van der Waals surface area contributed by atoms with Gasteiger partial charge in [-0.1, -0.05) is 19.1 Å². The normalized spacial score (nSPS) is 10.3. The van der Waals surface area contributed by atoms with E-state index >= 15 is 0 Å². The Hall–Kier alpha value is -1.02. The fourth-order valence-corrected chi connectivity index (χ4v) is 1.78. The molecule has 0 radical (unpaired) electrons. The third-order valence-corrected chi connectivity index (χ3v) is 2.67. The van der Waals surface area contributed by atoms with E-state index in [1.807, 2.05) is 0 Å². The highest BCUT2D eigenvalue weighted by atomic mass is 15.1. The first-order valence-corrected chi connectivity index (χ1v) is 5.20. The molecule has 0 amide bonds. The topological polar surface area (TPSA) is 29.3 Å². The van der Waals surface area contributed by atoms with Crippen molar-refractivity contribution in [3.05, 3.63) is 29.3 Å². The molecule has 0 aliphatic rings. The van der Waals surface area contributed by atoms with Gasteiger partial charge in [-0.25, -0.2) is 0 Å². The van der Waals surface area contributed by atoms with Crippen LogP contribution in [0.4, 0.5) is 5.69 Å². The molecule has 2 heteroatoms. The van der Waals surface area contributed by atoms with Crippen molar-refractivity contribution in [2.24, 2.45) is 5.73 Å². The summed E-state index contributed by atoms with van der Waals surface area (Å²) in [5.41, 5.74) is 9.65. The standard InChI is InChI=1S/C12H20N2/c1-4-11-6-5-7-12(10(11)2)14(3)9-8-13/h5-7H,4,8-9,13H2,1-3H3. The second-order valence-corrected chi connectivity index (χ2v) is 3.63. The molecule has 0 aliphatic carbocycles. The van der Waals surface area contributed by atoms with Gasteiger partial charge in [-0.3, -0.25) is 0 Å². The zero-order chi connectivity index (χ0) is 10.6. The van der Waals surface area contributed by atoms with Crippen LogP contribution in [0.2, 0.25) is 0 Å². The first kappa shape index (κ1) is 11.1. The summed E-state index contributed by atoms with van der Waals surface area (Å²) in [4.78, 5) is 2.22. The van der Waals surface area contributed by atoms with Crippen molar-refractivity contribution >= 4 is 5.69 Å². The number of aryl methyl sites for hydroxylation is 1. The van der Waals surface area contributed by atoms with Crippen LogP contribution < -0.4 is 10.6 Å². The molecule has 0 unspecified atom stereocenters. The maximum atomic E-state index is 5.55. The molecule has 0 atom stereocenters. The molecule has 1 aromatic rings. The molecular weight excluding hydrogens is 172 g/mol. The van der Waals surface area contributed by atoms with E-state index in [4.69, 9.17) is 5.73 Å². The van der Waals surface area contributed by atoms with Gasteiger partial charge in [-0.15, -0.1) is 0 Å². The van der Waals surface area contributed by atoms with Gasteiger partial charge in [0.2, 0.25) is 0 Å². The largest absolute Gasteiger partial charge is 0.373 e. The average molecular weight is 192 g/mol. The Balaban J connectivity index is 2.96. The highest BCUT2D eigenvalue weighted by Crippen LogP contribution is 2.22. The van der Waals surface area contributed by atoms with Crippen LogP contribution in [-0.4, -0.2) is 20.1 Å². The van der Waals surface area contributed by atoms with Gasteiger partial charge in [-0.05, 0) is 30.5 Å². The number of anilines is 1. The summed E-state index contributed by atoms with van der Waals surface area (Å²) < 4.78 is 0. The van der Waals surface area contributed by atoms with Crippen molar-refractivity contribution < 1.29 is 0 Å². The van der Waals surface area contributed by atoms with Crippen molar-refractivity contribution in [3.63, 3.8) is 0 Å². The lowest BCUT2D eigenvalue weighted by atomic mass is 10.0. The van der Waals surface area contributed by atoms with Crippen LogP contribution in [0.15, 0.2) is 18.2 Å². The summed E-state index contributed by atoms with van der Waals surface area (Å²) in [6.07, 6.45) is 1.09. The van der Waals surface area contributed by atoms with Gasteiger partial charge in [0.15, 0.2) is 0 Å². The smallest absolute Gasteiger partial charge is 0.0396 e. The summed E-state index contributed by atoms with van der Waals surface area (Å²) in [6.45, 7) is 5.98. The molecule has 0 aliphatic heterocycles. The van der Waals surface area contributed by atoms with Crippen LogP contribution in [-0.2, 0) is 6.42 Å². The van der Waals surface area contributed by atoms with E-state index in [0.717, 1.165) is 13.0 Å². The molecule has 0 saturated heterocycles. The van der Waals surface area contributed by atoms with E-state index in [-0.39, 0.29) is 0 Å². The Kier molecular flexibility index (Phi) is 3.96. The number of hydrogen-bond acceptors (Lipinski definition) is 2. The first-order valence-electron chi connectivity index (χ1n) is 5.20. The Bertz CT molecular complexity index is 294. The lowest BCUT2D eigenvalue weighted by molar-refractivity contribution is 0.879. The zero-order valence-corrected chi connectivity index (χ0v) is 9.38. The van der Waals surface area contributed by atoms with Crippen LogP contribution >= 0.6 is 0 Å². The van der Waals surface area contributed by atoms with Crippen molar-refractivity contribution in [2.45, 2.75) is 20.3 Å². The number of likely N-dealkylation sites (N-methyl/N-ethyl adjacent to an activating group) is 1.